The van der Waals surface area contributed by atoms with Crippen molar-refractivity contribution in [3.05, 3.63) is 28.5 Å². The molecule has 0 radical (unpaired) electrons. The topological polar surface area (TPSA) is 62.2 Å². The average Bonchev–Trinajstić information content (AvgIpc) is 2.35. The van der Waals surface area contributed by atoms with E-state index in [1.807, 2.05) is 6.92 Å². The van der Waals surface area contributed by atoms with Gasteiger partial charge in [0.1, 0.15) is 5.69 Å². The number of rotatable bonds is 2. The summed E-state index contributed by atoms with van der Waals surface area (Å²) < 4.78 is 0. The van der Waals surface area contributed by atoms with Crippen LogP contribution in [0.5, 0.6) is 0 Å². The minimum atomic E-state index is -0.455. The van der Waals surface area contributed by atoms with Crippen molar-refractivity contribution in [2.45, 2.75) is 44.8 Å². The summed E-state index contributed by atoms with van der Waals surface area (Å²) in [4.78, 5) is 16.0. The molecule has 4 nitrogen and oxygen atoms in total. The van der Waals surface area contributed by atoms with Crippen LogP contribution in [0.3, 0.4) is 0 Å². The summed E-state index contributed by atoms with van der Waals surface area (Å²) in [5.74, 6) is -0.275. The Kier molecular flexibility index (Phi) is 4.19. The molecule has 1 heterocycles. The molecule has 0 bridgehead atoms. The van der Waals surface area contributed by atoms with Gasteiger partial charge in [0.25, 0.3) is 5.91 Å². The minimum absolute atomic E-state index is 0.173. The Balaban J connectivity index is 2.04. The van der Waals surface area contributed by atoms with Crippen LogP contribution in [0.15, 0.2) is 12.3 Å². The molecule has 1 aliphatic carbocycles. The molecule has 1 aromatic heterocycles. The molecule has 18 heavy (non-hydrogen) atoms. The third-order valence-electron chi connectivity index (χ3n) is 3.32. The fourth-order valence-corrected chi connectivity index (χ4v) is 2.30. The van der Waals surface area contributed by atoms with Crippen molar-refractivity contribution in [3.63, 3.8) is 0 Å². The molecule has 0 aromatic carbocycles. The molecule has 2 rings (SSSR count). The van der Waals surface area contributed by atoms with Crippen LogP contribution in [-0.4, -0.2) is 28.1 Å². The van der Waals surface area contributed by atoms with Crippen LogP contribution in [0, 0.1) is 6.92 Å². The highest BCUT2D eigenvalue weighted by Crippen LogP contribution is 2.19. The van der Waals surface area contributed by atoms with Crippen LogP contribution >= 0.6 is 11.6 Å². The Morgan fingerprint density at radius 3 is 2.89 bits per heavy atom. The van der Waals surface area contributed by atoms with Gasteiger partial charge in [0, 0.05) is 11.2 Å². The number of pyridine rings is 1. The first-order valence-electron chi connectivity index (χ1n) is 6.19. The highest BCUT2D eigenvalue weighted by molar-refractivity contribution is 6.31. The lowest BCUT2D eigenvalue weighted by molar-refractivity contribution is 0.0714. The van der Waals surface area contributed by atoms with E-state index in [1.54, 1.807) is 12.3 Å². The molecule has 0 saturated heterocycles. The van der Waals surface area contributed by atoms with Crippen LogP contribution in [0.4, 0.5) is 0 Å². The summed E-state index contributed by atoms with van der Waals surface area (Å²) in [5.41, 5.74) is 1.13. The number of hydrogen-bond acceptors (Lipinski definition) is 3. The van der Waals surface area contributed by atoms with E-state index in [9.17, 15) is 9.90 Å². The summed E-state index contributed by atoms with van der Waals surface area (Å²) in [7, 11) is 0. The quantitative estimate of drug-likeness (QED) is 0.863. The predicted octanol–water partition coefficient (Wildman–Crippen LogP) is 2.08. The van der Waals surface area contributed by atoms with Crippen molar-refractivity contribution in [2.24, 2.45) is 0 Å². The average molecular weight is 269 g/mol. The van der Waals surface area contributed by atoms with Gasteiger partial charge in [-0.2, -0.15) is 0 Å². The third-order valence-corrected chi connectivity index (χ3v) is 3.72. The Labute approximate surface area is 111 Å². The first kappa shape index (κ1) is 13.3. The number of aryl methyl sites for hydroxylation is 1. The molecule has 0 spiro atoms. The number of aliphatic hydroxyl groups is 1. The number of aliphatic hydroxyl groups excluding tert-OH is 1. The number of halogens is 1. The lowest BCUT2D eigenvalue weighted by Gasteiger charge is -2.28. The fraction of sp³-hybridized carbons (Fsp3) is 0.538. The molecule has 1 aliphatic rings. The summed E-state index contributed by atoms with van der Waals surface area (Å²) in [6.45, 7) is 1.84. The van der Waals surface area contributed by atoms with Gasteiger partial charge >= 0.3 is 0 Å². The van der Waals surface area contributed by atoms with Crippen LogP contribution in [0.2, 0.25) is 5.02 Å². The van der Waals surface area contributed by atoms with Crippen molar-refractivity contribution in [3.8, 4) is 0 Å². The number of carbonyl (C=O) groups is 1. The number of hydrogen-bond donors (Lipinski definition) is 2. The van der Waals surface area contributed by atoms with E-state index in [0.29, 0.717) is 10.7 Å². The fourth-order valence-electron chi connectivity index (χ4n) is 2.15. The van der Waals surface area contributed by atoms with E-state index in [2.05, 4.69) is 10.3 Å². The zero-order chi connectivity index (χ0) is 13.1. The SMILES string of the molecule is Cc1cnc(C(=O)N[C@@H]2CCCC[C@H]2O)cc1Cl. The Morgan fingerprint density at radius 1 is 1.50 bits per heavy atom. The molecule has 0 aliphatic heterocycles. The molecule has 5 heteroatoms. The van der Waals surface area contributed by atoms with Crippen molar-refractivity contribution >= 4 is 17.5 Å². The second kappa shape index (κ2) is 5.67. The Morgan fingerprint density at radius 2 is 2.22 bits per heavy atom. The number of carbonyl (C=O) groups excluding carboxylic acids is 1. The second-order valence-electron chi connectivity index (χ2n) is 4.75. The molecular weight excluding hydrogens is 252 g/mol. The first-order chi connectivity index (χ1) is 8.58. The van der Waals surface area contributed by atoms with Gasteiger partial charge in [-0.1, -0.05) is 24.4 Å². The molecule has 1 fully saturated rings. The zero-order valence-electron chi connectivity index (χ0n) is 10.3. The minimum Gasteiger partial charge on any atom is -0.391 e. The van der Waals surface area contributed by atoms with Gasteiger partial charge in [0.2, 0.25) is 0 Å². The van der Waals surface area contributed by atoms with E-state index in [1.165, 1.54) is 0 Å². The third kappa shape index (κ3) is 3.00. The van der Waals surface area contributed by atoms with Gasteiger partial charge in [-0.15, -0.1) is 0 Å². The van der Waals surface area contributed by atoms with Gasteiger partial charge in [-0.05, 0) is 31.4 Å². The lowest BCUT2D eigenvalue weighted by Crippen LogP contribution is -2.45. The second-order valence-corrected chi connectivity index (χ2v) is 5.16. The summed E-state index contributed by atoms with van der Waals surface area (Å²) >= 11 is 5.96. The van der Waals surface area contributed by atoms with E-state index >= 15 is 0 Å². The Hall–Kier alpha value is -1.13. The van der Waals surface area contributed by atoms with E-state index in [0.717, 1.165) is 31.2 Å². The highest BCUT2D eigenvalue weighted by atomic mass is 35.5. The molecule has 0 unspecified atom stereocenters. The van der Waals surface area contributed by atoms with Crippen LogP contribution < -0.4 is 5.32 Å². The van der Waals surface area contributed by atoms with Crippen molar-refractivity contribution < 1.29 is 9.90 Å². The predicted molar refractivity (Wildman–Crippen MR) is 69.7 cm³/mol. The van der Waals surface area contributed by atoms with Gasteiger partial charge < -0.3 is 10.4 Å². The maximum Gasteiger partial charge on any atom is 0.270 e. The molecule has 98 valence electrons. The van der Waals surface area contributed by atoms with Crippen molar-refractivity contribution in [1.29, 1.82) is 0 Å². The maximum atomic E-state index is 12.0. The van der Waals surface area contributed by atoms with E-state index < -0.39 is 6.10 Å². The van der Waals surface area contributed by atoms with Gasteiger partial charge in [0.15, 0.2) is 0 Å². The van der Waals surface area contributed by atoms with Crippen LogP contribution in [0.1, 0.15) is 41.7 Å². The molecular formula is C13H17ClN2O2. The largest absolute Gasteiger partial charge is 0.391 e. The van der Waals surface area contributed by atoms with Crippen LogP contribution in [-0.2, 0) is 0 Å². The van der Waals surface area contributed by atoms with E-state index in [4.69, 9.17) is 11.6 Å². The van der Waals surface area contributed by atoms with Gasteiger partial charge in [0.05, 0.1) is 12.1 Å². The van der Waals surface area contributed by atoms with Crippen molar-refractivity contribution in [2.75, 3.05) is 0 Å². The lowest BCUT2D eigenvalue weighted by atomic mass is 9.92. The molecule has 1 amide bonds. The van der Waals surface area contributed by atoms with Gasteiger partial charge in [-0.3, -0.25) is 9.78 Å². The van der Waals surface area contributed by atoms with Crippen molar-refractivity contribution in [1.82, 2.24) is 10.3 Å². The number of nitrogens with one attached hydrogen (secondary N) is 1. The van der Waals surface area contributed by atoms with E-state index in [-0.39, 0.29) is 11.9 Å². The number of amides is 1. The summed E-state index contributed by atoms with van der Waals surface area (Å²) in [5, 5.41) is 13.2. The zero-order valence-corrected chi connectivity index (χ0v) is 11.1. The van der Waals surface area contributed by atoms with Gasteiger partial charge in [-0.25, -0.2) is 0 Å². The summed E-state index contributed by atoms with van der Waals surface area (Å²) in [6.07, 6.45) is 4.73. The summed E-state index contributed by atoms with van der Waals surface area (Å²) in [6, 6.07) is 1.38. The standard InChI is InChI=1S/C13H17ClN2O2/c1-8-7-15-11(6-9(8)14)13(18)16-10-4-2-3-5-12(10)17/h6-7,10,12,17H,2-5H2,1H3,(H,16,18)/t10-,12-/m1/s1. The monoisotopic (exact) mass is 268 g/mol. The molecule has 1 saturated carbocycles. The molecule has 2 atom stereocenters. The smallest absolute Gasteiger partial charge is 0.270 e. The Bertz CT molecular complexity index is 451. The molecule has 2 N–H and O–H groups in total. The normalized spacial score (nSPS) is 23.7. The van der Waals surface area contributed by atoms with Crippen LogP contribution in [0.25, 0.3) is 0 Å². The number of nitrogens with zero attached hydrogens (tertiary/aromatic N) is 1. The highest BCUT2D eigenvalue weighted by Gasteiger charge is 2.25. The maximum absolute atomic E-state index is 12.0. The number of aromatic nitrogens is 1. The first-order valence-corrected chi connectivity index (χ1v) is 6.57. The molecule has 1 aromatic rings.